The summed E-state index contributed by atoms with van der Waals surface area (Å²) >= 11 is 0. The highest BCUT2D eigenvalue weighted by molar-refractivity contribution is 7.45. The number of carbonyl (C=O) groups is 2. The summed E-state index contributed by atoms with van der Waals surface area (Å²) in [4.78, 5) is 63.3. The van der Waals surface area contributed by atoms with E-state index in [1.807, 2.05) is 0 Å². The first-order chi connectivity index (χ1) is 8.18. The van der Waals surface area contributed by atoms with E-state index < -0.39 is 27.5 Å². The Morgan fingerprint density at radius 1 is 0.947 bits per heavy atom. The van der Waals surface area contributed by atoms with E-state index in [0.29, 0.717) is 0 Å². The minimum absolute atomic E-state index is 0.0573. The standard InChI is InChI=1S/C4H8N2O3.2H3O4P/c5-3(8)4(9)6-1-2-7;2*1-5(2,3)4/h7H,1-2H2,(H2,5,8)(H,6,9);2*(H3,1,2,3,4). The average Bonchev–Trinajstić information content (AvgIpc) is 2.08. The molecule has 0 saturated carbocycles. The summed E-state index contributed by atoms with van der Waals surface area (Å²) in [6, 6.07) is 0. The van der Waals surface area contributed by atoms with Crippen molar-refractivity contribution >= 4 is 27.5 Å². The van der Waals surface area contributed by atoms with Crippen LogP contribution in [-0.2, 0) is 18.7 Å². The molecule has 0 heterocycles. The summed E-state index contributed by atoms with van der Waals surface area (Å²) in [5.41, 5.74) is 4.54. The average molecular weight is 328 g/mol. The molecule has 0 aromatic carbocycles. The second-order valence-corrected chi connectivity index (χ2v) is 4.42. The molecular weight excluding hydrogens is 314 g/mol. The van der Waals surface area contributed by atoms with Crippen molar-refractivity contribution in [3.05, 3.63) is 0 Å². The van der Waals surface area contributed by atoms with Crippen molar-refractivity contribution in [3.8, 4) is 0 Å². The quantitative estimate of drug-likeness (QED) is 0.173. The van der Waals surface area contributed by atoms with Crippen LogP contribution in [0, 0.1) is 0 Å². The van der Waals surface area contributed by atoms with E-state index in [4.69, 9.17) is 43.6 Å². The third-order valence-corrected chi connectivity index (χ3v) is 0.621. The molecule has 116 valence electrons. The molecule has 0 aliphatic rings. The van der Waals surface area contributed by atoms with E-state index in [9.17, 15) is 9.59 Å². The maximum Gasteiger partial charge on any atom is 0.466 e. The van der Waals surface area contributed by atoms with Gasteiger partial charge in [0.05, 0.1) is 6.61 Å². The number of phosphoric acid groups is 2. The van der Waals surface area contributed by atoms with Crippen molar-refractivity contribution in [1.29, 1.82) is 0 Å². The number of aliphatic hydroxyl groups excluding tert-OH is 1. The van der Waals surface area contributed by atoms with Gasteiger partial charge in [-0.05, 0) is 0 Å². The summed E-state index contributed by atoms with van der Waals surface area (Å²) in [5, 5.41) is 10.2. The van der Waals surface area contributed by atoms with Crippen molar-refractivity contribution in [3.63, 3.8) is 0 Å². The Kier molecular flexibility index (Phi) is 13.4. The second-order valence-electron chi connectivity index (χ2n) is 2.37. The van der Waals surface area contributed by atoms with Crippen LogP contribution in [0.3, 0.4) is 0 Å². The zero-order valence-electron chi connectivity index (χ0n) is 9.15. The molecule has 13 nitrogen and oxygen atoms in total. The summed E-state index contributed by atoms with van der Waals surface area (Å²) in [6.07, 6.45) is 0. The molecule has 0 rings (SSSR count). The van der Waals surface area contributed by atoms with Gasteiger partial charge in [-0.15, -0.1) is 0 Å². The maximum atomic E-state index is 10.2. The third-order valence-electron chi connectivity index (χ3n) is 0.621. The molecule has 0 radical (unpaired) electrons. The van der Waals surface area contributed by atoms with Crippen molar-refractivity contribution in [2.45, 2.75) is 0 Å². The zero-order valence-corrected chi connectivity index (χ0v) is 10.9. The molecule has 0 bridgehead atoms. The van der Waals surface area contributed by atoms with Crippen LogP contribution in [0.25, 0.3) is 0 Å². The summed E-state index contributed by atoms with van der Waals surface area (Å²) in [7, 11) is -9.28. The second kappa shape index (κ2) is 11.0. The molecule has 0 atom stereocenters. The number of aliphatic hydroxyl groups is 1. The first-order valence-corrected chi connectivity index (χ1v) is 7.06. The van der Waals surface area contributed by atoms with E-state index in [0.717, 1.165) is 0 Å². The SMILES string of the molecule is NC(=O)C(=O)NCCO.O=P(O)(O)O.O=P(O)(O)O. The molecule has 10 N–H and O–H groups in total. The number of nitrogens with two attached hydrogens (primary N) is 1. The van der Waals surface area contributed by atoms with Gasteiger partial charge in [-0.2, -0.15) is 0 Å². The summed E-state index contributed by atoms with van der Waals surface area (Å²) in [6.45, 7) is -0.138. The first-order valence-electron chi connectivity index (χ1n) is 3.93. The number of hydrogen-bond acceptors (Lipinski definition) is 5. The Bertz CT molecular complexity index is 321. The predicted octanol–water partition coefficient (Wildman–Crippen LogP) is -4.28. The highest BCUT2D eigenvalue weighted by Gasteiger charge is 2.05. The highest BCUT2D eigenvalue weighted by Crippen LogP contribution is 2.26. The molecule has 0 aromatic rings. The van der Waals surface area contributed by atoms with Gasteiger partial charge in [0.2, 0.25) is 0 Å². The van der Waals surface area contributed by atoms with E-state index >= 15 is 0 Å². The lowest BCUT2D eigenvalue weighted by Gasteiger charge is -1.95. The normalized spacial score (nSPS) is 10.3. The molecule has 2 amide bonds. The van der Waals surface area contributed by atoms with Gasteiger partial charge >= 0.3 is 27.5 Å². The van der Waals surface area contributed by atoms with Crippen molar-refractivity contribution in [2.75, 3.05) is 13.2 Å². The van der Waals surface area contributed by atoms with Gasteiger partial charge in [-0.1, -0.05) is 0 Å². The van der Waals surface area contributed by atoms with Crippen LogP contribution in [0.15, 0.2) is 0 Å². The number of rotatable bonds is 2. The fourth-order valence-electron chi connectivity index (χ4n) is 0.257. The van der Waals surface area contributed by atoms with Crippen molar-refractivity contribution in [2.24, 2.45) is 5.73 Å². The predicted molar refractivity (Wildman–Crippen MR) is 57.8 cm³/mol. The number of primary amides is 1. The van der Waals surface area contributed by atoms with Crippen LogP contribution in [0.2, 0.25) is 0 Å². The van der Waals surface area contributed by atoms with Gasteiger partial charge in [-0.3, -0.25) is 9.59 Å². The van der Waals surface area contributed by atoms with Gasteiger partial charge in [-0.25, -0.2) is 9.13 Å². The lowest BCUT2D eigenvalue weighted by atomic mass is 10.5. The minimum Gasteiger partial charge on any atom is -0.395 e. The number of hydrogen-bond donors (Lipinski definition) is 9. The van der Waals surface area contributed by atoms with Crippen molar-refractivity contribution < 1.29 is 53.2 Å². The molecule has 15 heteroatoms. The summed E-state index contributed by atoms with van der Waals surface area (Å²) in [5.74, 6) is -1.91. The lowest BCUT2D eigenvalue weighted by Crippen LogP contribution is -2.37. The molecule has 0 aliphatic heterocycles. The van der Waals surface area contributed by atoms with Gasteiger partial charge in [0.15, 0.2) is 0 Å². The van der Waals surface area contributed by atoms with Crippen LogP contribution in [0.1, 0.15) is 0 Å². The molecule has 19 heavy (non-hydrogen) atoms. The number of carbonyl (C=O) groups excluding carboxylic acids is 2. The third kappa shape index (κ3) is 77.2. The molecule has 0 aliphatic carbocycles. The smallest absolute Gasteiger partial charge is 0.395 e. The maximum absolute atomic E-state index is 10.2. The molecule has 0 unspecified atom stereocenters. The fraction of sp³-hybridized carbons (Fsp3) is 0.500. The number of amides is 2. The van der Waals surface area contributed by atoms with Crippen LogP contribution in [-0.4, -0.2) is 59.4 Å². The van der Waals surface area contributed by atoms with Gasteiger partial charge in [0.25, 0.3) is 0 Å². The Labute approximate surface area is 106 Å². The van der Waals surface area contributed by atoms with E-state index in [1.54, 1.807) is 0 Å². The summed E-state index contributed by atoms with van der Waals surface area (Å²) < 4.78 is 17.8. The molecular formula is C4H14N2O11P2. The van der Waals surface area contributed by atoms with Gasteiger partial charge in [0.1, 0.15) is 0 Å². The lowest BCUT2D eigenvalue weighted by molar-refractivity contribution is -0.137. The van der Waals surface area contributed by atoms with Crippen LogP contribution in [0.4, 0.5) is 0 Å². The number of nitrogens with one attached hydrogen (secondary N) is 1. The molecule has 0 aromatic heterocycles. The topological polar surface area (TPSA) is 248 Å². The molecule has 0 saturated heterocycles. The van der Waals surface area contributed by atoms with Crippen molar-refractivity contribution in [1.82, 2.24) is 5.32 Å². The Morgan fingerprint density at radius 3 is 1.37 bits per heavy atom. The Balaban J connectivity index is -0.000000219. The van der Waals surface area contributed by atoms with Crippen LogP contribution < -0.4 is 11.1 Å². The zero-order chi connectivity index (χ0) is 16.3. The fourth-order valence-corrected chi connectivity index (χ4v) is 0.257. The first kappa shape index (κ1) is 23.2. The minimum atomic E-state index is -4.64. The van der Waals surface area contributed by atoms with Crippen LogP contribution >= 0.6 is 15.6 Å². The molecule has 0 spiro atoms. The van der Waals surface area contributed by atoms with Gasteiger partial charge in [0, 0.05) is 6.54 Å². The monoisotopic (exact) mass is 328 g/mol. The van der Waals surface area contributed by atoms with E-state index in [2.05, 4.69) is 11.1 Å². The molecule has 0 fully saturated rings. The van der Waals surface area contributed by atoms with E-state index in [1.165, 1.54) is 0 Å². The largest absolute Gasteiger partial charge is 0.466 e. The van der Waals surface area contributed by atoms with E-state index in [-0.39, 0.29) is 13.2 Å². The Hall–Kier alpha value is -0.880. The van der Waals surface area contributed by atoms with Crippen LogP contribution in [0.5, 0.6) is 0 Å². The highest BCUT2D eigenvalue weighted by atomic mass is 31.2. The Morgan fingerprint density at radius 2 is 1.21 bits per heavy atom. The van der Waals surface area contributed by atoms with Gasteiger partial charge < -0.3 is 45.5 Å².